The summed E-state index contributed by atoms with van der Waals surface area (Å²) in [5.74, 6) is 2.47. The molecular formula is C26H30N6O2. The molecule has 176 valence electrons. The molecule has 4 aromatic rings. The van der Waals surface area contributed by atoms with Crippen LogP contribution in [0.15, 0.2) is 59.3 Å². The van der Waals surface area contributed by atoms with Crippen LogP contribution in [0.1, 0.15) is 49.7 Å². The van der Waals surface area contributed by atoms with E-state index in [1.165, 1.54) is 5.56 Å². The molecule has 8 nitrogen and oxygen atoms in total. The van der Waals surface area contributed by atoms with E-state index in [9.17, 15) is 0 Å². The van der Waals surface area contributed by atoms with Crippen LogP contribution in [-0.2, 0) is 11.3 Å². The number of piperidine rings is 1. The molecule has 1 aromatic carbocycles. The molecule has 1 atom stereocenters. The van der Waals surface area contributed by atoms with Gasteiger partial charge in [0.2, 0.25) is 11.8 Å². The number of anilines is 1. The normalized spacial score (nSPS) is 21.9. The summed E-state index contributed by atoms with van der Waals surface area (Å²) in [5, 5.41) is 8.20. The maximum absolute atomic E-state index is 5.93. The largest absolute Gasteiger partial charge is 0.461 e. The van der Waals surface area contributed by atoms with Crippen molar-refractivity contribution in [1.29, 1.82) is 0 Å². The number of nitrogens with one attached hydrogen (secondary N) is 1. The lowest BCUT2D eigenvalue weighted by atomic mass is 9.89. The van der Waals surface area contributed by atoms with Crippen LogP contribution in [0.4, 0.5) is 5.95 Å². The van der Waals surface area contributed by atoms with Gasteiger partial charge in [-0.25, -0.2) is 9.97 Å². The number of hydrogen-bond acceptors (Lipinski definition) is 7. The summed E-state index contributed by atoms with van der Waals surface area (Å²) in [7, 11) is 0. The van der Waals surface area contributed by atoms with E-state index in [2.05, 4.69) is 47.5 Å². The number of ether oxygens (including phenoxy) is 1. The third-order valence-corrected chi connectivity index (χ3v) is 7.03. The molecule has 34 heavy (non-hydrogen) atoms. The van der Waals surface area contributed by atoms with Gasteiger partial charge in [-0.2, -0.15) is 4.52 Å². The van der Waals surface area contributed by atoms with Crippen molar-refractivity contribution in [2.45, 2.75) is 50.8 Å². The minimum Gasteiger partial charge on any atom is -0.461 e. The van der Waals surface area contributed by atoms with Crippen LogP contribution in [-0.4, -0.2) is 49.9 Å². The van der Waals surface area contributed by atoms with Gasteiger partial charge in [0.15, 0.2) is 11.4 Å². The molecule has 8 heteroatoms. The Hall–Kier alpha value is -3.23. The molecule has 0 spiro atoms. The molecule has 2 fully saturated rings. The van der Waals surface area contributed by atoms with Crippen LogP contribution in [0.5, 0.6) is 0 Å². The Labute approximate surface area is 199 Å². The first-order valence-corrected chi connectivity index (χ1v) is 12.1. The number of aromatic nitrogens is 4. The van der Waals surface area contributed by atoms with Gasteiger partial charge in [-0.3, -0.25) is 4.90 Å². The highest BCUT2D eigenvalue weighted by molar-refractivity contribution is 5.58. The molecule has 0 radical (unpaired) electrons. The maximum Gasteiger partial charge on any atom is 0.228 e. The van der Waals surface area contributed by atoms with Crippen LogP contribution >= 0.6 is 0 Å². The Morgan fingerprint density at radius 3 is 2.71 bits per heavy atom. The summed E-state index contributed by atoms with van der Waals surface area (Å²) in [4.78, 5) is 12.1. The molecule has 2 aliphatic heterocycles. The number of furan rings is 1. The van der Waals surface area contributed by atoms with Gasteiger partial charge >= 0.3 is 0 Å². The van der Waals surface area contributed by atoms with E-state index in [1.807, 2.05) is 18.3 Å². The quantitative estimate of drug-likeness (QED) is 0.448. The second-order valence-corrected chi connectivity index (χ2v) is 9.52. The Bertz CT molecular complexity index is 1240. The molecule has 0 amide bonds. The van der Waals surface area contributed by atoms with Crippen molar-refractivity contribution in [2.75, 3.05) is 25.0 Å². The summed E-state index contributed by atoms with van der Waals surface area (Å²) in [6.07, 6.45) is 7.84. The van der Waals surface area contributed by atoms with Crippen LogP contribution in [0, 0.1) is 0 Å². The molecule has 2 saturated heterocycles. The van der Waals surface area contributed by atoms with E-state index < -0.39 is 5.72 Å². The second-order valence-electron chi connectivity index (χ2n) is 9.52. The summed E-state index contributed by atoms with van der Waals surface area (Å²) in [6.45, 7) is 5.71. The van der Waals surface area contributed by atoms with Crippen molar-refractivity contribution in [2.24, 2.45) is 0 Å². The van der Waals surface area contributed by atoms with Crippen LogP contribution in [0.2, 0.25) is 0 Å². The monoisotopic (exact) mass is 458 g/mol. The lowest BCUT2D eigenvalue weighted by Crippen LogP contribution is -2.35. The predicted molar refractivity (Wildman–Crippen MR) is 129 cm³/mol. The van der Waals surface area contributed by atoms with Gasteiger partial charge in [-0.15, -0.1) is 5.10 Å². The topological polar surface area (TPSA) is 80.7 Å². The Morgan fingerprint density at radius 1 is 1.12 bits per heavy atom. The molecular weight excluding hydrogens is 428 g/mol. The van der Waals surface area contributed by atoms with E-state index in [0.717, 1.165) is 63.1 Å². The van der Waals surface area contributed by atoms with Gasteiger partial charge in [0.1, 0.15) is 5.72 Å². The molecule has 0 aliphatic carbocycles. The van der Waals surface area contributed by atoms with Crippen molar-refractivity contribution in [3.05, 3.63) is 66.1 Å². The van der Waals surface area contributed by atoms with Crippen molar-refractivity contribution < 1.29 is 9.15 Å². The zero-order valence-electron chi connectivity index (χ0n) is 19.5. The lowest BCUT2D eigenvalue weighted by molar-refractivity contribution is 0.0437. The van der Waals surface area contributed by atoms with Gasteiger partial charge in [0, 0.05) is 24.9 Å². The standard InChI is InChI=1S/C26H30N6O2/c1-26(12-6-16-34-26)29-25-27-17-21(24-28-23(30-32(24)25)22-9-5-15-33-22)18-31-13-10-20(11-14-31)19-7-3-2-4-8-19/h2-5,7-9,15,17,20H,6,10-14,16,18H2,1H3,(H,27,29). The second kappa shape index (κ2) is 8.85. The van der Waals surface area contributed by atoms with Gasteiger partial charge in [0.25, 0.3) is 0 Å². The first-order valence-electron chi connectivity index (χ1n) is 12.1. The average Bonchev–Trinajstić information content (AvgIpc) is 3.63. The van der Waals surface area contributed by atoms with E-state index in [-0.39, 0.29) is 0 Å². The lowest BCUT2D eigenvalue weighted by Gasteiger charge is -2.32. The SMILES string of the molecule is CC1(Nc2ncc(CN3CCC(c4ccccc4)CC3)c3nc(-c4ccco4)nn23)CCCO1. The molecule has 0 bridgehead atoms. The summed E-state index contributed by atoms with van der Waals surface area (Å²) in [5.41, 5.74) is 2.87. The smallest absolute Gasteiger partial charge is 0.228 e. The fraction of sp³-hybridized carbons (Fsp3) is 0.423. The van der Waals surface area contributed by atoms with E-state index >= 15 is 0 Å². The van der Waals surface area contributed by atoms with Gasteiger partial charge < -0.3 is 14.5 Å². The van der Waals surface area contributed by atoms with Gasteiger partial charge in [-0.05, 0) is 69.3 Å². The Kier molecular flexibility index (Phi) is 5.55. The molecule has 1 N–H and O–H groups in total. The summed E-state index contributed by atoms with van der Waals surface area (Å²) < 4.78 is 13.3. The number of benzene rings is 1. The summed E-state index contributed by atoms with van der Waals surface area (Å²) in [6, 6.07) is 14.6. The number of hydrogen-bond donors (Lipinski definition) is 1. The van der Waals surface area contributed by atoms with Crippen LogP contribution in [0.3, 0.4) is 0 Å². The first kappa shape index (κ1) is 21.3. The highest BCUT2D eigenvalue weighted by Crippen LogP contribution is 2.30. The van der Waals surface area contributed by atoms with E-state index in [0.29, 0.717) is 23.5 Å². The minimum absolute atomic E-state index is 0.447. The van der Waals surface area contributed by atoms with Crippen LogP contribution < -0.4 is 5.32 Å². The van der Waals surface area contributed by atoms with E-state index in [4.69, 9.17) is 24.2 Å². The fourth-order valence-electron chi connectivity index (χ4n) is 5.13. The molecule has 1 unspecified atom stereocenters. The zero-order chi connectivity index (χ0) is 23.0. The number of fused-ring (bicyclic) bond motifs is 1. The molecule has 0 saturated carbocycles. The number of nitrogens with zero attached hydrogens (tertiary/aromatic N) is 5. The molecule has 6 rings (SSSR count). The third kappa shape index (κ3) is 4.19. The maximum atomic E-state index is 5.93. The predicted octanol–water partition coefficient (Wildman–Crippen LogP) is 4.70. The highest BCUT2D eigenvalue weighted by atomic mass is 16.5. The molecule has 2 aliphatic rings. The van der Waals surface area contributed by atoms with Crippen molar-refractivity contribution in [3.8, 4) is 11.6 Å². The van der Waals surface area contributed by atoms with Gasteiger partial charge in [-0.1, -0.05) is 30.3 Å². The highest BCUT2D eigenvalue weighted by Gasteiger charge is 2.31. The third-order valence-electron chi connectivity index (χ3n) is 7.03. The number of rotatable bonds is 6. The van der Waals surface area contributed by atoms with Crippen molar-refractivity contribution in [1.82, 2.24) is 24.5 Å². The first-order chi connectivity index (χ1) is 16.7. The Morgan fingerprint density at radius 2 is 1.97 bits per heavy atom. The summed E-state index contributed by atoms with van der Waals surface area (Å²) >= 11 is 0. The molecule has 3 aromatic heterocycles. The minimum atomic E-state index is -0.447. The van der Waals surface area contributed by atoms with E-state index in [1.54, 1.807) is 10.8 Å². The Balaban J connectivity index is 1.26. The average molecular weight is 459 g/mol. The van der Waals surface area contributed by atoms with Crippen LogP contribution in [0.25, 0.3) is 17.2 Å². The molecule has 5 heterocycles. The fourth-order valence-corrected chi connectivity index (χ4v) is 5.13. The number of likely N-dealkylation sites (tertiary alicyclic amines) is 1. The van der Waals surface area contributed by atoms with Crippen molar-refractivity contribution in [3.63, 3.8) is 0 Å². The van der Waals surface area contributed by atoms with Crippen molar-refractivity contribution >= 4 is 11.6 Å². The zero-order valence-corrected chi connectivity index (χ0v) is 19.5. The van der Waals surface area contributed by atoms with Gasteiger partial charge in [0.05, 0.1) is 6.26 Å².